The predicted octanol–water partition coefficient (Wildman–Crippen LogP) is 8.91. The van der Waals surface area contributed by atoms with E-state index in [0.717, 1.165) is 22.3 Å². The Morgan fingerprint density at radius 3 is 0.565 bits per heavy atom. The summed E-state index contributed by atoms with van der Waals surface area (Å²) >= 11 is 0. The first-order chi connectivity index (χ1) is 21.9. The third-order valence-electron chi connectivity index (χ3n) is 5.57. The van der Waals surface area contributed by atoms with Crippen molar-refractivity contribution in [1.82, 2.24) is 0 Å². The van der Waals surface area contributed by atoms with Gasteiger partial charge in [-0.3, -0.25) is 0 Å². The number of hydrogen-bond donors (Lipinski definition) is 4. The zero-order valence-corrected chi connectivity index (χ0v) is 25.2. The summed E-state index contributed by atoms with van der Waals surface area (Å²) in [5.41, 5.74) is 4.91. The molecule has 4 rings (SSSR count). The molecular formula is C38H36O8. The van der Waals surface area contributed by atoms with E-state index in [1.807, 2.05) is 0 Å². The van der Waals surface area contributed by atoms with E-state index in [0.29, 0.717) is 22.3 Å². The highest BCUT2D eigenvalue weighted by atomic mass is 16.4. The number of carboxylic acid groups (broad SMARTS) is 4. The summed E-state index contributed by atoms with van der Waals surface area (Å²) in [6, 6.07) is 26.2. The lowest BCUT2D eigenvalue weighted by Gasteiger charge is -1.93. The van der Waals surface area contributed by atoms with Crippen LogP contribution in [-0.4, -0.2) is 44.3 Å². The molecule has 0 radical (unpaired) electrons. The number of carboxylic acids is 4. The Kier molecular flexibility index (Phi) is 18.9. The molecule has 0 aliphatic rings. The van der Waals surface area contributed by atoms with Crippen molar-refractivity contribution in [2.45, 2.75) is 0 Å². The first-order valence-corrected chi connectivity index (χ1v) is 13.3. The third-order valence-corrected chi connectivity index (χ3v) is 5.57. The van der Waals surface area contributed by atoms with Crippen molar-refractivity contribution in [1.29, 1.82) is 0 Å². The van der Waals surface area contributed by atoms with E-state index in [-0.39, 0.29) is 0 Å². The molecule has 46 heavy (non-hydrogen) atoms. The van der Waals surface area contributed by atoms with Crippen molar-refractivity contribution in [2.24, 2.45) is 0 Å². The lowest BCUT2D eigenvalue weighted by atomic mass is 10.1. The van der Waals surface area contributed by atoms with Gasteiger partial charge in [-0.05, 0) is 70.8 Å². The van der Waals surface area contributed by atoms with Crippen LogP contribution in [0.15, 0.2) is 137 Å². The van der Waals surface area contributed by atoms with Crippen LogP contribution in [-0.2, 0) is 0 Å². The van der Waals surface area contributed by atoms with Crippen molar-refractivity contribution < 1.29 is 39.6 Å². The second-order valence-electron chi connectivity index (χ2n) is 8.53. The molecule has 0 bridgehead atoms. The highest BCUT2D eigenvalue weighted by molar-refractivity contribution is 5.89. The Morgan fingerprint density at radius 2 is 0.478 bits per heavy atom. The van der Waals surface area contributed by atoms with E-state index in [9.17, 15) is 19.2 Å². The summed E-state index contributed by atoms with van der Waals surface area (Å²) in [6.45, 7) is 20.2. The number of rotatable bonds is 8. The molecule has 4 aromatic carbocycles. The number of carbonyl (C=O) groups is 4. The first kappa shape index (κ1) is 39.5. The maximum atomic E-state index is 10.4. The van der Waals surface area contributed by atoms with E-state index in [1.54, 1.807) is 121 Å². The first-order valence-electron chi connectivity index (χ1n) is 13.3. The van der Waals surface area contributed by atoms with Crippen LogP contribution >= 0.6 is 0 Å². The highest BCUT2D eigenvalue weighted by Gasteiger charge is 2.01. The molecule has 0 aliphatic carbocycles. The minimum Gasteiger partial charge on any atom is -0.478 e. The fraction of sp³-hybridized carbons (Fsp3) is 0. The highest BCUT2D eigenvalue weighted by Crippen LogP contribution is 2.07. The number of aromatic carboxylic acids is 4. The Morgan fingerprint density at radius 1 is 0.348 bits per heavy atom. The summed E-state index contributed by atoms with van der Waals surface area (Å²) < 4.78 is 0. The van der Waals surface area contributed by atoms with E-state index in [4.69, 9.17) is 20.4 Å². The van der Waals surface area contributed by atoms with Gasteiger partial charge in [0, 0.05) is 0 Å². The Bertz CT molecular complexity index is 1350. The van der Waals surface area contributed by atoms with Gasteiger partial charge in [-0.1, -0.05) is 99.2 Å². The monoisotopic (exact) mass is 620 g/mol. The van der Waals surface area contributed by atoms with Crippen LogP contribution in [0.4, 0.5) is 0 Å². The van der Waals surface area contributed by atoms with E-state index >= 15 is 0 Å². The van der Waals surface area contributed by atoms with Crippen LogP contribution in [0.3, 0.4) is 0 Å². The van der Waals surface area contributed by atoms with Crippen LogP contribution in [0.25, 0.3) is 24.3 Å². The SMILES string of the molecule is C=C.C=Cc1ccc(C(=O)O)cc1.C=Cc1ccc(C(=O)O)cc1.C=Cc1ccc(C(=O)O)cc1.C=Cc1ccc(C(=O)O)cc1. The van der Waals surface area contributed by atoms with Gasteiger partial charge in [0.2, 0.25) is 0 Å². The smallest absolute Gasteiger partial charge is 0.335 e. The lowest BCUT2D eigenvalue weighted by molar-refractivity contribution is 0.0686. The van der Waals surface area contributed by atoms with E-state index in [2.05, 4.69) is 39.5 Å². The van der Waals surface area contributed by atoms with Crippen molar-refractivity contribution >= 4 is 48.2 Å². The van der Waals surface area contributed by atoms with Crippen LogP contribution < -0.4 is 0 Å². The average molecular weight is 621 g/mol. The van der Waals surface area contributed by atoms with Gasteiger partial charge in [0.15, 0.2) is 0 Å². The van der Waals surface area contributed by atoms with Gasteiger partial charge >= 0.3 is 23.9 Å². The fourth-order valence-electron chi connectivity index (χ4n) is 3.05. The number of hydrogen-bond acceptors (Lipinski definition) is 4. The summed E-state index contributed by atoms with van der Waals surface area (Å²) in [6.07, 6.45) is 6.69. The lowest BCUT2D eigenvalue weighted by Crippen LogP contribution is -1.94. The van der Waals surface area contributed by atoms with Crippen LogP contribution in [0, 0.1) is 0 Å². The predicted molar refractivity (Wildman–Crippen MR) is 185 cm³/mol. The molecule has 0 saturated heterocycles. The van der Waals surface area contributed by atoms with Gasteiger partial charge < -0.3 is 20.4 Å². The molecule has 236 valence electrons. The molecule has 0 spiro atoms. The largest absolute Gasteiger partial charge is 0.478 e. The van der Waals surface area contributed by atoms with Gasteiger partial charge in [0.25, 0.3) is 0 Å². The zero-order chi connectivity index (χ0) is 35.1. The molecule has 0 unspecified atom stereocenters. The van der Waals surface area contributed by atoms with Crippen LogP contribution in [0.5, 0.6) is 0 Å². The Labute approximate surface area is 268 Å². The van der Waals surface area contributed by atoms with Crippen molar-refractivity contribution in [3.63, 3.8) is 0 Å². The third kappa shape index (κ3) is 15.1. The molecule has 8 nitrogen and oxygen atoms in total. The van der Waals surface area contributed by atoms with Gasteiger partial charge in [-0.15, -0.1) is 13.2 Å². The second kappa shape index (κ2) is 22.1. The minimum atomic E-state index is -0.902. The molecule has 4 aromatic rings. The molecule has 0 heterocycles. The quantitative estimate of drug-likeness (QED) is 0.143. The summed E-state index contributed by atoms with van der Waals surface area (Å²) in [5.74, 6) is -3.61. The van der Waals surface area contributed by atoms with Crippen molar-refractivity contribution in [2.75, 3.05) is 0 Å². The molecule has 0 aromatic heterocycles. The van der Waals surface area contributed by atoms with Gasteiger partial charge in [-0.2, -0.15) is 0 Å². The minimum absolute atomic E-state index is 0.301. The molecule has 4 N–H and O–H groups in total. The standard InChI is InChI=1S/4C9H8O2.C2H4/c4*1-2-7-3-5-8(6-4-7)9(10)11;1-2/h4*2-6H,1H2,(H,10,11);1-2H2. The summed E-state index contributed by atoms with van der Waals surface area (Å²) in [5, 5.41) is 34.1. The normalized spacial score (nSPS) is 8.78. The fourth-order valence-corrected chi connectivity index (χ4v) is 3.05. The molecule has 0 fully saturated rings. The molecular weight excluding hydrogens is 584 g/mol. The Hall–Kier alpha value is -6.54. The van der Waals surface area contributed by atoms with Crippen LogP contribution in [0.1, 0.15) is 63.7 Å². The summed E-state index contributed by atoms with van der Waals surface area (Å²) in [7, 11) is 0. The maximum absolute atomic E-state index is 10.4. The molecule has 0 aliphatic heterocycles. The van der Waals surface area contributed by atoms with E-state index in [1.165, 1.54) is 0 Å². The summed E-state index contributed by atoms with van der Waals surface area (Å²) in [4.78, 5) is 41.5. The van der Waals surface area contributed by atoms with Gasteiger partial charge in [0.05, 0.1) is 22.3 Å². The Balaban J connectivity index is 0.000000576. The number of benzene rings is 4. The molecule has 0 amide bonds. The zero-order valence-electron chi connectivity index (χ0n) is 25.2. The van der Waals surface area contributed by atoms with E-state index < -0.39 is 23.9 Å². The molecule has 0 saturated carbocycles. The topological polar surface area (TPSA) is 149 Å². The molecule has 0 atom stereocenters. The van der Waals surface area contributed by atoms with Gasteiger partial charge in [0.1, 0.15) is 0 Å². The molecule has 8 heteroatoms. The average Bonchev–Trinajstić information content (AvgIpc) is 3.10. The second-order valence-corrected chi connectivity index (χ2v) is 8.53. The van der Waals surface area contributed by atoms with Gasteiger partial charge in [-0.25, -0.2) is 19.2 Å². The maximum Gasteiger partial charge on any atom is 0.335 e. The van der Waals surface area contributed by atoms with Crippen molar-refractivity contribution in [3.05, 3.63) is 181 Å². The van der Waals surface area contributed by atoms with Crippen molar-refractivity contribution in [3.8, 4) is 0 Å². The van der Waals surface area contributed by atoms with Crippen LogP contribution in [0.2, 0.25) is 0 Å².